The number of halogens is 1. The molecule has 0 aliphatic carbocycles. The second kappa shape index (κ2) is 15.1. The van der Waals surface area contributed by atoms with Gasteiger partial charge in [0.2, 0.25) is 5.91 Å². The highest BCUT2D eigenvalue weighted by Crippen LogP contribution is 2.21. The summed E-state index contributed by atoms with van der Waals surface area (Å²) >= 11 is 0. The van der Waals surface area contributed by atoms with Gasteiger partial charge in [-0.15, -0.1) is 0 Å². The maximum atomic E-state index is 13.4. The average Bonchev–Trinajstić information content (AvgIpc) is 3.35. The SMILES string of the molecule is C.CC(C)(C)OC(=O)NC(C)(C)C(=O)N[C@H](COCc1ccccc1)C(=O)Nc1cn(C(C(=O)O)c2ccc(F)cc2)cn1. The number of carbonyl (C=O) groups excluding carboxylic acids is 3. The molecule has 0 aliphatic rings. The fourth-order valence-electron chi connectivity index (χ4n) is 3.85. The van der Waals surface area contributed by atoms with Crippen LogP contribution in [0.15, 0.2) is 67.1 Å². The van der Waals surface area contributed by atoms with Crippen molar-refractivity contribution in [1.29, 1.82) is 0 Å². The minimum absolute atomic E-state index is 0. The molecule has 1 heterocycles. The highest BCUT2D eigenvalue weighted by atomic mass is 19.1. The Labute approximate surface area is 256 Å². The molecule has 1 unspecified atom stereocenters. The molecule has 3 rings (SSSR count). The normalized spacial score (nSPS) is 12.7. The molecule has 0 radical (unpaired) electrons. The number of anilines is 1. The van der Waals surface area contributed by atoms with Gasteiger partial charge >= 0.3 is 12.1 Å². The van der Waals surface area contributed by atoms with E-state index in [1.807, 2.05) is 30.3 Å². The van der Waals surface area contributed by atoms with Gasteiger partial charge in [-0.3, -0.25) is 9.59 Å². The summed E-state index contributed by atoms with van der Waals surface area (Å²) in [6, 6.07) is 11.7. The van der Waals surface area contributed by atoms with E-state index in [4.69, 9.17) is 9.47 Å². The van der Waals surface area contributed by atoms with E-state index in [9.17, 15) is 28.7 Å². The Kier molecular flexibility index (Phi) is 12.2. The Morgan fingerprint density at radius 2 is 1.64 bits per heavy atom. The van der Waals surface area contributed by atoms with E-state index in [1.165, 1.54) is 43.1 Å². The van der Waals surface area contributed by atoms with Crippen LogP contribution in [0.25, 0.3) is 0 Å². The molecule has 0 saturated heterocycles. The van der Waals surface area contributed by atoms with Crippen LogP contribution in [-0.4, -0.2) is 62.3 Å². The third-order valence-electron chi connectivity index (χ3n) is 5.97. The minimum Gasteiger partial charge on any atom is -0.479 e. The van der Waals surface area contributed by atoms with Gasteiger partial charge in [-0.2, -0.15) is 0 Å². The van der Waals surface area contributed by atoms with E-state index >= 15 is 0 Å². The molecule has 2 atom stereocenters. The number of carboxylic acids is 1. The molecule has 2 aromatic carbocycles. The van der Waals surface area contributed by atoms with Gasteiger partial charge in [0.25, 0.3) is 5.91 Å². The molecule has 0 spiro atoms. The first kappa shape index (κ1) is 35.4. The largest absolute Gasteiger partial charge is 0.479 e. The van der Waals surface area contributed by atoms with E-state index in [0.717, 1.165) is 17.7 Å². The van der Waals surface area contributed by atoms with Crippen LogP contribution < -0.4 is 16.0 Å². The van der Waals surface area contributed by atoms with Crippen LogP contribution in [0.1, 0.15) is 59.2 Å². The van der Waals surface area contributed by atoms with Gasteiger partial charge < -0.3 is 35.1 Å². The van der Waals surface area contributed by atoms with Gasteiger partial charge in [-0.25, -0.2) is 19.0 Å². The average molecular weight is 614 g/mol. The lowest BCUT2D eigenvalue weighted by Gasteiger charge is -2.29. The van der Waals surface area contributed by atoms with Crippen LogP contribution >= 0.6 is 0 Å². The van der Waals surface area contributed by atoms with Crippen molar-refractivity contribution in [3.05, 3.63) is 84.1 Å². The zero-order valence-corrected chi connectivity index (χ0v) is 24.6. The number of amides is 3. The molecule has 44 heavy (non-hydrogen) atoms. The maximum Gasteiger partial charge on any atom is 0.408 e. The van der Waals surface area contributed by atoms with Crippen molar-refractivity contribution in [2.24, 2.45) is 0 Å². The van der Waals surface area contributed by atoms with Crippen molar-refractivity contribution in [2.45, 2.75) is 71.9 Å². The summed E-state index contributed by atoms with van der Waals surface area (Å²) in [6.45, 7) is 7.89. The second-order valence-corrected chi connectivity index (χ2v) is 11.3. The van der Waals surface area contributed by atoms with Crippen LogP contribution in [0.2, 0.25) is 0 Å². The fourth-order valence-corrected chi connectivity index (χ4v) is 3.85. The number of aromatic nitrogens is 2. The van der Waals surface area contributed by atoms with Gasteiger partial charge in [0, 0.05) is 6.20 Å². The third kappa shape index (κ3) is 10.5. The molecular weight excluding hydrogens is 573 g/mol. The van der Waals surface area contributed by atoms with Crippen molar-refractivity contribution in [2.75, 3.05) is 11.9 Å². The quantitative estimate of drug-likeness (QED) is 0.236. The molecule has 3 amide bonds. The molecule has 3 aromatic rings. The molecule has 13 heteroatoms. The summed E-state index contributed by atoms with van der Waals surface area (Å²) in [6.07, 6.45) is 1.71. The smallest absolute Gasteiger partial charge is 0.408 e. The summed E-state index contributed by atoms with van der Waals surface area (Å²) < 4.78 is 25.6. The van der Waals surface area contributed by atoms with Crippen LogP contribution in [0.5, 0.6) is 0 Å². The summed E-state index contributed by atoms with van der Waals surface area (Å²) in [7, 11) is 0. The topological polar surface area (TPSA) is 161 Å². The third-order valence-corrected chi connectivity index (χ3v) is 5.97. The predicted octanol–water partition coefficient (Wildman–Crippen LogP) is 4.28. The zero-order valence-electron chi connectivity index (χ0n) is 24.6. The van der Waals surface area contributed by atoms with Crippen molar-refractivity contribution >= 4 is 29.7 Å². The number of rotatable bonds is 12. The van der Waals surface area contributed by atoms with Gasteiger partial charge in [-0.05, 0) is 57.9 Å². The molecule has 1 aromatic heterocycles. The predicted molar refractivity (Wildman–Crippen MR) is 161 cm³/mol. The van der Waals surface area contributed by atoms with Gasteiger partial charge in [-0.1, -0.05) is 49.9 Å². The first-order chi connectivity index (χ1) is 20.1. The Balaban J connectivity index is 0.00000675. The number of aliphatic carboxylic acids is 1. The van der Waals surface area contributed by atoms with Crippen LogP contribution in [0, 0.1) is 5.82 Å². The van der Waals surface area contributed by atoms with E-state index < -0.39 is 52.9 Å². The lowest BCUT2D eigenvalue weighted by atomic mass is 10.0. The number of nitrogens with one attached hydrogen (secondary N) is 3. The highest BCUT2D eigenvalue weighted by molar-refractivity contribution is 5.98. The van der Waals surface area contributed by atoms with Crippen molar-refractivity contribution in [1.82, 2.24) is 20.2 Å². The number of ether oxygens (including phenoxy) is 2. The molecule has 0 fully saturated rings. The molecule has 0 saturated carbocycles. The summed E-state index contributed by atoms with van der Waals surface area (Å²) in [5.41, 5.74) is -1.11. The van der Waals surface area contributed by atoms with Crippen molar-refractivity contribution in [3.8, 4) is 0 Å². The Morgan fingerprint density at radius 1 is 1.00 bits per heavy atom. The zero-order chi connectivity index (χ0) is 31.8. The highest BCUT2D eigenvalue weighted by Gasteiger charge is 2.35. The van der Waals surface area contributed by atoms with E-state index in [1.54, 1.807) is 20.8 Å². The lowest BCUT2D eigenvalue weighted by Crippen LogP contribution is -2.59. The summed E-state index contributed by atoms with van der Waals surface area (Å²) in [4.78, 5) is 54.9. The molecule has 238 valence electrons. The van der Waals surface area contributed by atoms with Crippen LogP contribution in [-0.2, 0) is 30.5 Å². The number of carboxylic acid groups (broad SMARTS) is 1. The van der Waals surface area contributed by atoms with Gasteiger partial charge in [0.15, 0.2) is 11.9 Å². The Morgan fingerprint density at radius 3 is 2.23 bits per heavy atom. The summed E-state index contributed by atoms with van der Waals surface area (Å²) in [5, 5.41) is 17.4. The van der Waals surface area contributed by atoms with Crippen LogP contribution in [0.4, 0.5) is 15.0 Å². The number of imidazole rings is 1. The van der Waals surface area contributed by atoms with E-state index in [-0.39, 0.29) is 26.5 Å². The number of carbonyl (C=O) groups is 4. The Bertz CT molecular complexity index is 1420. The standard InChI is InChI=1S/C30H36FN5O7.CH4/c1-29(2,3)43-28(41)35-30(4,5)27(40)33-22(17-42-16-19-9-7-6-8-10-19)25(37)34-23-15-36(18-32-23)24(26(38)39)20-11-13-21(31)14-12-20;/h6-15,18,22,24H,16-17H2,1-5H3,(H,33,40)(H,34,37)(H,35,41)(H,38,39);1H4/t22-,24?;/m1./s1. The second-order valence-electron chi connectivity index (χ2n) is 11.3. The maximum absolute atomic E-state index is 13.4. The van der Waals surface area contributed by atoms with E-state index in [0.29, 0.717) is 5.56 Å². The number of hydrogen-bond donors (Lipinski definition) is 4. The molecular formula is C31H40FN5O7. The Hall–Kier alpha value is -4.78. The molecule has 12 nitrogen and oxygen atoms in total. The number of benzene rings is 2. The number of hydrogen-bond acceptors (Lipinski definition) is 7. The van der Waals surface area contributed by atoms with Crippen molar-refractivity contribution in [3.63, 3.8) is 0 Å². The molecule has 0 bridgehead atoms. The number of nitrogens with zero attached hydrogens (tertiary/aromatic N) is 2. The van der Waals surface area contributed by atoms with Crippen molar-refractivity contribution < 1.29 is 38.1 Å². The molecule has 4 N–H and O–H groups in total. The van der Waals surface area contributed by atoms with Gasteiger partial charge in [0.1, 0.15) is 23.0 Å². The fraction of sp³-hybridized carbons (Fsp3) is 0.387. The van der Waals surface area contributed by atoms with Gasteiger partial charge in [0.05, 0.1) is 19.5 Å². The first-order valence-corrected chi connectivity index (χ1v) is 13.4. The monoisotopic (exact) mass is 613 g/mol. The number of alkyl carbamates (subject to hydrolysis) is 1. The lowest BCUT2D eigenvalue weighted by molar-refractivity contribution is -0.139. The minimum atomic E-state index is -1.47. The van der Waals surface area contributed by atoms with Crippen LogP contribution in [0.3, 0.4) is 0 Å². The summed E-state index contributed by atoms with van der Waals surface area (Å²) in [5.74, 6) is -3.12. The first-order valence-electron chi connectivity index (χ1n) is 13.4. The van der Waals surface area contributed by atoms with E-state index in [2.05, 4.69) is 20.9 Å². The molecule has 0 aliphatic heterocycles.